The molecule has 0 radical (unpaired) electrons. The third-order valence-electron chi connectivity index (χ3n) is 3.98. The molecule has 0 aromatic carbocycles. The van der Waals surface area contributed by atoms with E-state index in [1.165, 1.54) is 18.4 Å². The van der Waals surface area contributed by atoms with E-state index in [1.807, 2.05) is 0 Å². The van der Waals surface area contributed by atoms with Gasteiger partial charge >= 0.3 is 0 Å². The van der Waals surface area contributed by atoms with E-state index in [0.29, 0.717) is 19.0 Å². The highest BCUT2D eigenvalue weighted by molar-refractivity contribution is 5.16. The van der Waals surface area contributed by atoms with Crippen LogP contribution in [-0.4, -0.2) is 60.4 Å². The van der Waals surface area contributed by atoms with Gasteiger partial charge in [0.15, 0.2) is 0 Å². The van der Waals surface area contributed by atoms with Crippen molar-refractivity contribution in [2.75, 3.05) is 33.2 Å². The summed E-state index contributed by atoms with van der Waals surface area (Å²) < 4.78 is 0. The number of likely N-dealkylation sites (tertiary alicyclic amines) is 1. The molecule has 2 aliphatic heterocycles. The highest BCUT2D eigenvalue weighted by Crippen LogP contribution is 2.29. The van der Waals surface area contributed by atoms with E-state index in [2.05, 4.69) is 22.9 Å². The fourth-order valence-electron chi connectivity index (χ4n) is 2.95. The molecule has 2 rings (SSSR count). The first-order valence-electron chi connectivity index (χ1n) is 6.73. The first kappa shape index (κ1) is 13.0. The largest absolute Gasteiger partial charge is 0.378 e. The fraction of sp³-hybridized carbons (Fsp3) is 0.846. The zero-order chi connectivity index (χ0) is 12.3. The number of nitrogens with zero attached hydrogens (tertiary/aromatic N) is 2. The molecule has 0 saturated carbocycles. The summed E-state index contributed by atoms with van der Waals surface area (Å²) in [4.78, 5) is 4.57. The lowest BCUT2D eigenvalue weighted by Crippen LogP contribution is -2.42. The minimum absolute atomic E-state index is 0.354. The van der Waals surface area contributed by atoms with Crippen LogP contribution in [0.4, 0.5) is 0 Å². The Bertz CT molecular complexity index is 280. The normalized spacial score (nSPS) is 29.4. The minimum atomic E-state index is -0.354. The predicted octanol–water partition coefficient (Wildman–Crippen LogP) is 0.380. The van der Waals surface area contributed by atoms with Gasteiger partial charge in [-0.25, -0.2) is 0 Å². The number of likely N-dealkylation sites (N-methyl/N-ethyl adjacent to an activating group) is 1. The number of hydrogen-bond donors (Lipinski definition) is 2. The van der Waals surface area contributed by atoms with Crippen LogP contribution >= 0.6 is 0 Å². The van der Waals surface area contributed by atoms with E-state index in [-0.39, 0.29) is 6.23 Å². The molecule has 3 N–H and O–H groups in total. The van der Waals surface area contributed by atoms with Crippen molar-refractivity contribution < 1.29 is 5.11 Å². The van der Waals surface area contributed by atoms with Crippen molar-refractivity contribution in [3.05, 3.63) is 11.6 Å². The predicted molar refractivity (Wildman–Crippen MR) is 69.6 cm³/mol. The van der Waals surface area contributed by atoms with Crippen LogP contribution in [0.3, 0.4) is 0 Å². The molecule has 4 nitrogen and oxygen atoms in total. The van der Waals surface area contributed by atoms with E-state index in [9.17, 15) is 5.11 Å². The lowest BCUT2D eigenvalue weighted by molar-refractivity contribution is -0.00228. The van der Waals surface area contributed by atoms with Crippen molar-refractivity contribution in [1.29, 1.82) is 0 Å². The molecule has 1 saturated heterocycles. The second-order valence-corrected chi connectivity index (χ2v) is 5.25. The average molecular weight is 239 g/mol. The van der Waals surface area contributed by atoms with Gasteiger partial charge in [0.05, 0.1) is 0 Å². The van der Waals surface area contributed by atoms with E-state index in [1.54, 1.807) is 0 Å². The summed E-state index contributed by atoms with van der Waals surface area (Å²) in [5.41, 5.74) is 7.06. The molecule has 0 spiro atoms. The van der Waals surface area contributed by atoms with Crippen molar-refractivity contribution in [2.45, 2.75) is 38.0 Å². The van der Waals surface area contributed by atoms with Gasteiger partial charge in [-0.2, -0.15) is 0 Å². The van der Waals surface area contributed by atoms with Gasteiger partial charge in [0, 0.05) is 25.7 Å². The van der Waals surface area contributed by atoms with Crippen LogP contribution in [0.2, 0.25) is 0 Å². The molecule has 0 aromatic rings. The van der Waals surface area contributed by atoms with E-state index in [4.69, 9.17) is 5.73 Å². The van der Waals surface area contributed by atoms with Crippen LogP contribution in [0.25, 0.3) is 0 Å². The van der Waals surface area contributed by atoms with Crippen molar-refractivity contribution in [3.8, 4) is 0 Å². The summed E-state index contributed by atoms with van der Waals surface area (Å²) in [6.45, 7) is 3.76. The first-order chi connectivity index (χ1) is 8.22. The van der Waals surface area contributed by atoms with Gasteiger partial charge in [-0.1, -0.05) is 11.6 Å². The molecular weight excluding hydrogens is 214 g/mol. The number of nitrogens with two attached hydrogens (primary N) is 1. The van der Waals surface area contributed by atoms with Crippen LogP contribution in [0.1, 0.15) is 25.7 Å². The Morgan fingerprint density at radius 1 is 1.53 bits per heavy atom. The first-order valence-corrected chi connectivity index (χ1v) is 6.73. The summed E-state index contributed by atoms with van der Waals surface area (Å²) in [5, 5.41) is 10.1. The smallest absolute Gasteiger partial charge is 0.109 e. The van der Waals surface area contributed by atoms with Crippen molar-refractivity contribution in [3.63, 3.8) is 0 Å². The molecule has 0 bridgehead atoms. The Balaban J connectivity index is 1.99. The van der Waals surface area contributed by atoms with Crippen LogP contribution in [-0.2, 0) is 0 Å². The Morgan fingerprint density at radius 2 is 2.35 bits per heavy atom. The molecule has 0 aliphatic carbocycles. The summed E-state index contributed by atoms with van der Waals surface area (Å²) in [7, 11) is 2.16. The summed E-state index contributed by atoms with van der Waals surface area (Å²) in [5.74, 6) is 0. The Kier molecular flexibility index (Phi) is 4.56. The molecule has 2 heterocycles. The standard InChI is InChI=1S/C13H25N3O/c1-15-9-5-11(6-10-15)12-3-2-8-16(12)13(17)4-7-14/h5,12-13,17H,2-4,6-10,14H2,1H3/t12-,13?/m0/s1. The Morgan fingerprint density at radius 3 is 3.00 bits per heavy atom. The molecule has 4 heteroatoms. The monoisotopic (exact) mass is 239 g/mol. The molecule has 0 amide bonds. The second kappa shape index (κ2) is 5.96. The van der Waals surface area contributed by atoms with Gasteiger partial charge in [0.25, 0.3) is 0 Å². The van der Waals surface area contributed by atoms with Crippen molar-refractivity contribution >= 4 is 0 Å². The molecule has 17 heavy (non-hydrogen) atoms. The van der Waals surface area contributed by atoms with Gasteiger partial charge in [-0.15, -0.1) is 0 Å². The van der Waals surface area contributed by atoms with Crippen LogP contribution in [0.5, 0.6) is 0 Å². The van der Waals surface area contributed by atoms with Gasteiger partial charge < -0.3 is 15.7 Å². The van der Waals surface area contributed by atoms with Gasteiger partial charge in [0.1, 0.15) is 6.23 Å². The second-order valence-electron chi connectivity index (χ2n) is 5.25. The summed E-state index contributed by atoms with van der Waals surface area (Å²) in [6, 6.07) is 0.463. The zero-order valence-electron chi connectivity index (χ0n) is 10.8. The summed E-state index contributed by atoms with van der Waals surface area (Å²) >= 11 is 0. The van der Waals surface area contributed by atoms with Gasteiger partial charge in [0.2, 0.25) is 0 Å². The molecule has 1 fully saturated rings. The highest BCUT2D eigenvalue weighted by atomic mass is 16.3. The molecular formula is C13H25N3O. The number of rotatable bonds is 4. The maximum absolute atomic E-state index is 10.1. The number of aliphatic hydroxyl groups is 1. The van der Waals surface area contributed by atoms with Gasteiger partial charge in [-0.05, 0) is 39.3 Å². The maximum atomic E-state index is 10.1. The van der Waals surface area contributed by atoms with E-state index < -0.39 is 0 Å². The van der Waals surface area contributed by atoms with Crippen LogP contribution in [0.15, 0.2) is 11.6 Å². The van der Waals surface area contributed by atoms with E-state index in [0.717, 1.165) is 26.1 Å². The molecule has 98 valence electrons. The third-order valence-corrected chi connectivity index (χ3v) is 3.98. The summed E-state index contributed by atoms with van der Waals surface area (Å²) in [6.07, 6.45) is 6.21. The van der Waals surface area contributed by atoms with Gasteiger partial charge in [-0.3, -0.25) is 4.90 Å². The lowest BCUT2D eigenvalue weighted by Gasteiger charge is -2.33. The maximum Gasteiger partial charge on any atom is 0.109 e. The Labute approximate surface area is 104 Å². The Hall–Kier alpha value is -0.420. The average Bonchev–Trinajstić information content (AvgIpc) is 2.79. The van der Waals surface area contributed by atoms with E-state index >= 15 is 0 Å². The number of aliphatic hydroxyl groups excluding tert-OH is 1. The quantitative estimate of drug-likeness (QED) is 0.697. The van der Waals surface area contributed by atoms with Crippen LogP contribution < -0.4 is 5.73 Å². The third kappa shape index (κ3) is 3.07. The topological polar surface area (TPSA) is 52.7 Å². The zero-order valence-corrected chi connectivity index (χ0v) is 10.8. The molecule has 2 aliphatic rings. The van der Waals surface area contributed by atoms with Crippen molar-refractivity contribution in [2.24, 2.45) is 5.73 Å². The fourth-order valence-corrected chi connectivity index (χ4v) is 2.95. The lowest BCUT2D eigenvalue weighted by atomic mass is 9.98. The molecule has 2 atom stereocenters. The molecule has 0 aromatic heterocycles. The highest BCUT2D eigenvalue weighted by Gasteiger charge is 2.32. The minimum Gasteiger partial charge on any atom is -0.378 e. The molecule has 1 unspecified atom stereocenters. The van der Waals surface area contributed by atoms with Crippen LogP contribution in [0, 0.1) is 0 Å². The van der Waals surface area contributed by atoms with Crippen molar-refractivity contribution in [1.82, 2.24) is 9.80 Å². The SMILES string of the molecule is CN1CC=C([C@@H]2CCCN2C(O)CCN)CC1. The number of hydrogen-bond acceptors (Lipinski definition) is 4.